The van der Waals surface area contributed by atoms with Gasteiger partial charge in [0.05, 0.1) is 12.1 Å². The van der Waals surface area contributed by atoms with Crippen molar-refractivity contribution in [3.8, 4) is 17.3 Å². The van der Waals surface area contributed by atoms with Crippen LogP contribution in [0.3, 0.4) is 0 Å². The largest absolute Gasteiger partial charge is 0.339 e. The van der Waals surface area contributed by atoms with Gasteiger partial charge in [-0.2, -0.15) is 0 Å². The lowest BCUT2D eigenvalue weighted by Gasteiger charge is -2.40. The average Bonchev–Trinajstić information content (AvgIpc) is 3.44. The van der Waals surface area contributed by atoms with Gasteiger partial charge in [0, 0.05) is 58.0 Å². The summed E-state index contributed by atoms with van der Waals surface area (Å²) in [5.41, 5.74) is 2.97. The summed E-state index contributed by atoms with van der Waals surface area (Å²) in [6.07, 6.45) is 6.44. The number of nitrogens with zero attached hydrogens (tertiary/aromatic N) is 6. The van der Waals surface area contributed by atoms with E-state index in [1.807, 2.05) is 68.7 Å². The molecule has 2 aliphatic rings. The molecule has 4 heterocycles. The van der Waals surface area contributed by atoms with Gasteiger partial charge in [0.2, 0.25) is 11.8 Å². The number of aromatic nitrogens is 3. The second kappa shape index (κ2) is 11.5. The zero-order chi connectivity index (χ0) is 31.3. The van der Waals surface area contributed by atoms with Gasteiger partial charge in [-0.1, -0.05) is 37.6 Å². The standard InChI is InChI=1S/C33H39ClN6O2S/c1-9-32(5,6)19-33(7,8)31(42)39-16-14-38(15-17-39)26(41)18-25-29-37-36-22(4)40(29)30-27(20(2)21(3)43-30)28(35-25)23-10-12-24(34)13-11-23/h1,10-13,25H,14-19H2,2-8H3. The molecule has 0 aliphatic carbocycles. The Balaban J connectivity index is 1.39. The number of aryl methyl sites for hydroxylation is 2. The van der Waals surface area contributed by atoms with Crippen LogP contribution in [0.25, 0.3) is 5.00 Å². The minimum absolute atomic E-state index is 0.0191. The lowest BCUT2D eigenvalue weighted by atomic mass is 9.74. The van der Waals surface area contributed by atoms with Crippen LogP contribution in [-0.4, -0.2) is 68.3 Å². The van der Waals surface area contributed by atoms with E-state index in [1.165, 1.54) is 4.88 Å². The van der Waals surface area contributed by atoms with Crippen LogP contribution in [-0.2, 0) is 9.59 Å². The fourth-order valence-corrected chi connectivity index (χ4v) is 7.59. The Morgan fingerprint density at radius 1 is 1.02 bits per heavy atom. The summed E-state index contributed by atoms with van der Waals surface area (Å²) < 4.78 is 2.06. The molecular weight excluding hydrogens is 580 g/mol. The predicted octanol–water partition coefficient (Wildman–Crippen LogP) is 5.94. The highest BCUT2D eigenvalue weighted by atomic mass is 35.5. The van der Waals surface area contributed by atoms with Crippen molar-refractivity contribution in [2.75, 3.05) is 26.2 Å². The summed E-state index contributed by atoms with van der Waals surface area (Å²) in [5.74, 6) is 4.27. The summed E-state index contributed by atoms with van der Waals surface area (Å²) in [6.45, 7) is 15.9. The summed E-state index contributed by atoms with van der Waals surface area (Å²) in [6, 6.07) is 7.14. The predicted molar refractivity (Wildman–Crippen MR) is 172 cm³/mol. The van der Waals surface area contributed by atoms with E-state index in [0.29, 0.717) is 43.4 Å². The Morgan fingerprint density at radius 2 is 1.65 bits per heavy atom. The quantitative estimate of drug-likeness (QED) is 0.320. The first-order chi connectivity index (χ1) is 20.2. The molecule has 43 heavy (non-hydrogen) atoms. The number of hydrogen-bond donors (Lipinski definition) is 0. The van der Waals surface area contributed by atoms with Gasteiger partial charge in [-0.3, -0.25) is 19.1 Å². The smallest absolute Gasteiger partial charge is 0.228 e. The SMILES string of the molecule is C#CC(C)(C)CC(C)(C)C(=O)N1CCN(C(=O)CC2N=C(c3ccc(Cl)cc3)c3c(sc(C)c3C)-n3c(C)nnc32)CC1. The molecule has 8 nitrogen and oxygen atoms in total. The van der Waals surface area contributed by atoms with E-state index in [4.69, 9.17) is 23.0 Å². The Hall–Kier alpha value is -3.48. The minimum atomic E-state index is -0.590. The third-order valence-corrected chi connectivity index (χ3v) is 9.94. The molecule has 5 rings (SSSR count). The van der Waals surface area contributed by atoms with E-state index in [9.17, 15) is 9.59 Å². The fraction of sp³-hybridized carbons (Fsp3) is 0.485. The molecule has 10 heteroatoms. The van der Waals surface area contributed by atoms with Crippen LogP contribution in [0.5, 0.6) is 0 Å². The first-order valence-electron chi connectivity index (χ1n) is 14.6. The molecule has 0 bridgehead atoms. The van der Waals surface area contributed by atoms with E-state index in [-0.39, 0.29) is 23.7 Å². The van der Waals surface area contributed by atoms with Gasteiger partial charge in [0.15, 0.2) is 5.82 Å². The molecule has 1 fully saturated rings. The summed E-state index contributed by atoms with van der Waals surface area (Å²) in [5, 5.41) is 10.6. The van der Waals surface area contributed by atoms with Crippen LogP contribution in [0.4, 0.5) is 0 Å². The number of benzene rings is 1. The van der Waals surface area contributed by atoms with E-state index >= 15 is 0 Å². The maximum Gasteiger partial charge on any atom is 0.228 e. The molecule has 1 saturated heterocycles. The Morgan fingerprint density at radius 3 is 2.28 bits per heavy atom. The maximum absolute atomic E-state index is 13.8. The van der Waals surface area contributed by atoms with Crippen LogP contribution in [0, 0.1) is 43.9 Å². The summed E-state index contributed by atoms with van der Waals surface area (Å²) >= 11 is 7.91. The van der Waals surface area contributed by atoms with Crippen LogP contribution >= 0.6 is 22.9 Å². The topological polar surface area (TPSA) is 83.7 Å². The molecule has 0 saturated carbocycles. The number of piperazine rings is 1. The number of aliphatic imine (C=N–C) groups is 1. The summed E-state index contributed by atoms with van der Waals surface area (Å²) in [4.78, 5) is 37.3. The molecule has 2 aromatic heterocycles. The lowest BCUT2D eigenvalue weighted by Crippen LogP contribution is -2.54. The molecule has 0 spiro atoms. The van der Waals surface area contributed by atoms with Crippen molar-refractivity contribution >= 4 is 40.5 Å². The van der Waals surface area contributed by atoms with Gasteiger partial charge in [-0.05, 0) is 58.7 Å². The van der Waals surface area contributed by atoms with E-state index in [1.54, 1.807) is 11.3 Å². The van der Waals surface area contributed by atoms with Gasteiger partial charge in [0.25, 0.3) is 0 Å². The second-order valence-corrected chi connectivity index (χ2v) is 14.5. The molecule has 226 valence electrons. The normalized spacial score (nSPS) is 17.1. The van der Waals surface area contributed by atoms with Gasteiger partial charge in [0.1, 0.15) is 16.9 Å². The zero-order valence-electron chi connectivity index (χ0n) is 26.0. The Bertz CT molecular complexity index is 1630. The van der Waals surface area contributed by atoms with E-state index in [2.05, 4.69) is 34.5 Å². The van der Waals surface area contributed by atoms with Crippen molar-refractivity contribution in [3.63, 3.8) is 0 Å². The van der Waals surface area contributed by atoms with Crippen molar-refractivity contribution in [3.05, 3.63) is 62.5 Å². The van der Waals surface area contributed by atoms with Crippen molar-refractivity contribution in [1.82, 2.24) is 24.6 Å². The van der Waals surface area contributed by atoms with Crippen molar-refractivity contribution < 1.29 is 9.59 Å². The first kappa shape index (κ1) is 31.0. The monoisotopic (exact) mass is 618 g/mol. The van der Waals surface area contributed by atoms with Crippen molar-refractivity contribution in [2.24, 2.45) is 15.8 Å². The van der Waals surface area contributed by atoms with E-state index in [0.717, 1.165) is 33.2 Å². The molecule has 0 radical (unpaired) electrons. The van der Waals surface area contributed by atoms with Crippen LogP contribution in [0.15, 0.2) is 29.3 Å². The molecular formula is C33H39ClN6O2S. The molecule has 1 atom stereocenters. The number of hydrogen-bond acceptors (Lipinski definition) is 6. The highest BCUT2D eigenvalue weighted by Gasteiger charge is 2.39. The second-order valence-electron chi connectivity index (χ2n) is 12.9. The third kappa shape index (κ3) is 6.00. The number of carbonyl (C=O) groups excluding carboxylic acids is 2. The van der Waals surface area contributed by atoms with Crippen molar-refractivity contribution in [1.29, 1.82) is 0 Å². The van der Waals surface area contributed by atoms with Crippen LogP contribution in [0.2, 0.25) is 5.02 Å². The molecule has 3 aromatic rings. The third-order valence-electron chi connectivity index (χ3n) is 8.50. The number of terminal acetylenes is 1. The first-order valence-corrected chi connectivity index (χ1v) is 15.8. The highest BCUT2D eigenvalue weighted by Crippen LogP contribution is 2.40. The average molecular weight is 619 g/mol. The number of amides is 2. The minimum Gasteiger partial charge on any atom is -0.339 e. The van der Waals surface area contributed by atoms with Gasteiger partial charge in [-0.25, -0.2) is 0 Å². The van der Waals surface area contributed by atoms with E-state index < -0.39 is 11.5 Å². The fourth-order valence-electron chi connectivity index (χ4n) is 6.25. The maximum atomic E-state index is 13.8. The van der Waals surface area contributed by atoms with Gasteiger partial charge < -0.3 is 9.80 Å². The number of carbonyl (C=O) groups is 2. The van der Waals surface area contributed by atoms with Crippen molar-refractivity contribution in [2.45, 2.75) is 67.3 Å². The highest BCUT2D eigenvalue weighted by molar-refractivity contribution is 7.15. The molecule has 0 N–H and O–H groups in total. The van der Waals surface area contributed by atoms with Gasteiger partial charge >= 0.3 is 0 Å². The molecule has 1 unspecified atom stereocenters. The number of fused-ring (bicyclic) bond motifs is 3. The lowest BCUT2D eigenvalue weighted by molar-refractivity contribution is -0.146. The molecule has 2 aliphatic heterocycles. The summed E-state index contributed by atoms with van der Waals surface area (Å²) in [7, 11) is 0. The molecule has 2 amide bonds. The Kier molecular flexibility index (Phi) is 8.32. The number of halogens is 1. The van der Waals surface area contributed by atoms with Gasteiger partial charge in [-0.15, -0.1) is 33.9 Å². The molecule has 1 aromatic carbocycles. The van der Waals surface area contributed by atoms with Crippen LogP contribution < -0.4 is 0 Å². The number of thiophene rings is 1. The zero-order valence-corrected chi connectivity index (χ0v) is 27.6. The Labute approximate surface area is 263 Å². The number of rotatable bonds is 6. The van der Waals surface area contributed by atoms with Crippen LogP contribution in [0.1, 0.15) is 79.8 Å².